The molecule has 2 aliphatic carbocycles. The summed E-state index contributed by atoms with van der Waals surface area (Å²) in [5.41, 5.74) is -0.756. The number of amides is 2. The predicted octanol–water partition coefficient (Wildman–Crippen LogP) is 6.64. The highest BCUT2D eigenvalue weighted by Gasteiger charge is 2.57. The molecule has 2 amide bonds. The first-order valence-electron chi connectivity index (χ1n) is 16.5. The first-order chi connectivity index (χ1) is 23.3. The number of hydrogen-bond donors (Lipinski definition) is 2. The van der Waals surface area contributed by atoms with Crippen molar-refractivity contribution in [2.45, 2.75) is 69.1 Å². The fourth-order valence-corrected chi connectivity index (χ4v) is 7.64. The highest BCUT2D eigenvalue weighted by molar-refractivity contribution is 6.03. The quantitative estimate of drug-likeness (QED) is 0.267. The molecule has 4 aliphatic rings. The van der Waals surface area contributed by atoms with E-state index >= 15 is 4.39 Å². The van der Waals surface area contributed by atoms with Crippen molar-refractivity contribution in [3.63, 3.8) is 0 Å². The lowest BCUT2D eigenvalue weighted by Crippen LogP contribution is -2.45. The monoisotopic (exact) mass is 682 g/mol. The standard InChI is InChI=1S/C35H38F4N6O4/c1-44-15-13-33(14-16-44)9-7-20(8-10-33)41-29(46)21-17-27(48-3)25(18-24(21)36)42-32-40-19-23(35(37,38)39)30(43-32)49-26-6-4-5-22-28(26)31(47)45(2)34(22)11-12-34/h4-6,17-20H,7-16H2,1-3H3,(H,41,46)(H,40,42,43). The number of fused-ring (bicyclic) bond motifs is 2. The molecule has 2 N–H and O–H groups in total. The second-order valence-corrected chi connectivity index (χ2v) is 13.8. The third-order valence-corrected chi connectivity index (χ3v) is 10.9. The number of anilines is 2. The van der Waals surface area contributed by atoms with Crippen LogP contribution in [0.25, 0.3) is 0 Å². The van der Waals surface area contributed by atoms with Gasteiger partial charge in [-0.25, -0.2) is 9.37 Å². The van der Waals surface area contributed by atoms with Gasteiger partial charge < -0.3 is 29.9 Å². The molecule has 3 aromatic rings. The van der Waals surface area contributed by atoms with Crippen LogP contribution in [-0.4, -0.2) is 71.9 Å². The molecule has 14 heteroatoms. The van der Waals surface area contributed by atoms with Gasteiger partial charge in [0, 0.05) is 25.4 Å². The Bertz CT molecular complexity index is 1800. The minimum Gasteiger partial charge on any atom is -0.495 e. The predicted molar refractivity (Wildman–Crippen MR) is 172 cm³/mol. The van der Waals surface area contributed by atoms with Crippen LogP contribution < -0.4 is 20.1 Å². The molecule has 49 heavy (non-hydrogen) atoms. The minimum atomic E-state index is -4.88. The molecule has 2 saturated carbocycles. The van der Waals surface area contributed by atoms with Gasteiger partial charge in [0.05, 0.1) is 29.5 Å². The van der Waals surface area contributed by atoms with Crippen molar-refractivity contribution in [1.82, 2.24) is 25.1 Å². The van der Waals surface area contributed by atoms with E-state index in [1.54, 1.807) is 24.1 Å². The number of piperidine rings is 1. The molecule has 0 atom stereocenters. The zero-order valence-electron chi connectivity index (χ0n) is 27.5. The van der Waals surface area contributed by atoms with Crippen LogP contribution in [0.15, 0.2) is 36.5 Å². The van der Waals surface area contributed by atoms with Crippen LogP contribution in [0.5, 0.6) is 17.4 Å². The third-order valence-electron chi connectivity index (χ3n) is 10.9. The van der Waals surface area contributed by atoms with Crippen molar-refractivity contribution >= 4 is 23.5 Å². The molecule has 3 fully saturated rings. The van der Waals surface area contributed by atoms with Crippen molar-refractivity contribution in [1.29, 1.82) is 0 Å². The smallest absolute Gasteiger partial charge is 0.423 e. The third kappa shape index (κ3) is 6.04. The molecule has 7 rings (SSSR count). The summed E-state index contributed by atoms with van der Waals surface area (Å²) in [7, 11) is 5.11. The van der Waals surface area contributed by atoms with Crippen LogP contribution in [0.4, 0.5) is 29.2 Å². The van der Waals surface area contributed by atoms with Gasteiger partial charge in [-0.2, -0.15) is 18.2 Å². The first kappa shape index (κ1) is 33.1. The number of aromatic nitrogens is 2. The number of hydrogen-bond acceptors (Lipinski definition) is 8. The molecular formula is C35H38F4N6O4. The van der Waals surface area contributed by atoms with Crippen LogP contribution >= 0.6 is 0 Å². The lowest BCUT2D eigenvalue weighted by atomic mass is 9.67. The number of carbonyl (C=O) groups excluding carboxylic acids is 2. The fourth-order valence-electron chi connectivity index (χ4n) is 7.64. The minimum absolute atomic E-state index is 0.0165. The fraction of sp³-hybridized carbons (Fsp3) is 0.486. The van der Waals surface area contributed by atoms with Gasteiger partial charge in [-0.1, -0.05) is 12.1 Å². The lowest BCUT2D eigenvalue weighted by Gasteiger charge is -2.45. The van der Waals surface area contributed by atoms with Gasteiger partial charge in [0.15, 0.2) is 0 Å². The van der Waals surface area contributed by atoms with Gasteiger partial charge in [0.2, 0.25) is 11.8 Å². The summed E-state index contributed by atoms with van der Waals surface area (Å²) < 4.78 is 68.7. The van der Waals surface area contributed by atoms with Gasteiger partial charge in [-0.15, -0.1) is 0 Å². The molecule has 2 spiro atoms. The molecule has 10 nitrogen and oxygen atoms in total. The average molecular weight is 683 g/mol. The van der Waals surface area contributed by atoms with Crippen molar-refractivity contribution in [3.05, 3.63) is 64.6 Å². The number of likely N-dealkylation sites (tertiary alicyclic amines) is 1. The number of methoxy groups -OCH3 is 1. The van der Waals surface area contributed by atoms with Gasteiger partial charge in [0.25, 0.3) is 11.8 Å². The Morgan fingerprint density at radius 1 is 1.02 bits per heavy atom. The molecule has 0 unspecified atom stereocenters. The maximum Gasteiger partial charge on any atom is 0.423 e. The van der Waals surface area contributed by atoms with Crippen molar-refractivity contribution in [3.8, 4) is 17.4 Å². The zero-order chi connectivity index (χ0) is 34.7. The van der Waals surface area contributed by atoms with Crippen LogP contribution in [-0.2, 0) is 11.7 Å². The summed E-state index contributed by atoms with van der Waals surface area (Å²) in [5.74, 6) is -2.98. The number of carbonyl (C=O) groups is 2. The van der Waals surface area contributed by atoms with E-state index in [1.165, 1.54) is 19.2 Å². The van der Waals surface area contributed by atoms with E-state index in [4.69, 9.17) is 9.47 Å². The Hall–Kier alpha value is -4.46. The molecular weight excluding hydrogens is 644 g/mol. The molecule has 2 aliphatic heterocycles. The Kier molecular flexibility index (Phi) is 8.19. The van der Waals surface area contributed by atoms with Crippen LogP contribution in [0.3, 0.4) is 0 Å². The Balaban J connectivity index is 1.10. The number of halogens is 4. The number of benzene rings is 2. The number of nitrogens with zero attached hydrogens (tertiary/aromatic N) is 4. The molecule has 260 valence electrons. The van der Waals surface area contributed by atoms with E-state index in [2.05, 4.69) is 32.5 Å². The Morgan fingerprint density at radius 2 is 1.73 bits per heavy atom. The summed E-state index contributed by atoms with van der Waals surface area (Å²) in [4.78, 5) is 38.0. The van der Waals surface area contributed by atoms with Gasteiger partial charge in [0.1, 0.15) is 22.9 Å². The van der Waals surface area contributed by atoms with Crippen LogP contribution in [0, 0.1) is 11.2 Å². The Labute approximate surface area is 281 Å². The molecule has 1 saturated heterocycles. The van der Waals surface area contributed by atoms with Crippen molar-refractivity contribution in [2.75, 3.05) is 39.6 Å². The second-order valence-electron chi connectivity index (χ2n) is 13.8. The molecule has 1 aromatic heterocycles. The largest absolute Gasteiger partial charge is 0.495 e. The molecule has 2 aromatic carbocycles. The Morgan fingerprint density at radius 3 is 2.39 bits per heavy atom. The highest BCUT2D eigenvalue weighted by Crippen LogP contribution is 2.57. The van der Waals surface area contributed by atoms with E-state index in [1.807, 2.05) is 0 Å². The SMILES string of the molecule is COc1cc(C(=O)NC2CCC3(CC2)CCN(C)CC3)c(F)cc1Nc1ncc(C(F)(F)F)c(Oc2cccc3c2C(=O)N(C)C32CC2)n1. The molecule has 3 heterocycles. The van der Waals surface area contributed by atoms with Crippen molar-refractivity contribution < 1.29 is 36.6 Å². The van der Waals surface area contributed by atoms with Gasteiger partial charge in [-0.3, -0.25) is 9.59 Å². The van der Waals surface area contributed by atoms with E-state index in [-0.39, 0.29) is 46.2 Å². The summed E-state index contributed by atoms with van der Waals surface area (Å²) >= 11 is 0. The summed E-state index contributed by atoms with van der Waals surface area (Å²) in [6, 6.07) is 7.00. The maximum atomic E-state index is 15.4. The second kappa shape index (κ2) is 12.1. The summed E-state index contributed by atoms with van der Waals surface area (Å²) in [5, 5.41) is 5.67. The van der Waals surface area contributed by atoms with Gasteiger partial charge in [-0.05, 0) is 94.6 Å². The summed E-state index contributed by atoms with van der Waals surface area (Å²) in [6.07, 6.45) is 3.13. The number of rotatable bonds is 7. The maximum absolute atomic E-state index is 15.4. The first-order valence-corrected chi connectivity index (χ1v) is 16.5. The topological polar surface area (TPSA) is 109 Å². The summed E-state index contributed by atoms with van der Waals surface area (Å²) in [6.45, 7) is 2.14. The van der Waals surface area contributed by atoms with Crippen LogP contribution in [0.2, 0.25) is 0 Å². The van der Waals surface area contributed by atoms with E-state index in [0.717, 1.165) is 70.5 Å². The van der Waals surface area contributed by atoms with Crippen LogP contribution in [0.1, 0.15) is 83.2 Å². The lowest BCUT2D eigenvalue weighted by molar-refractivity contribution is -0.139. The van der Waals surface area contributed by atoms with E-state index in [9.17, 15) is 22.8 Å². The normalized spacial score (nSPS) is 20.0. The number of nitrogens with one attached hydrogen (secondary N) is 2. The zero-order valence-corrected chi connectivity index (χ0v) is 27.5. The number of ether oxygens (including phenoxy) is 2. The molecule has 0 bridgehead atoms. The van der Waals surface area contributed by atoms with E-state index < -0.39 is 34.9 Å². The molecule has 0 radical (unpaired) electrons. The van der Waals surface area contributed by atoms with E-state index in [0.29, 0.717) is 17.2 Å². The number of alkyl halides is 3. The average Bonchev–Trinajstić information content (AvgIpc) is 3.85. The highest BCUT2D eigenvalue weighted by atomic mass is 19.4. The van der Waals surface area contributed by atoms with Crippen molar-refractivity contribution in [2.24, 2.45) is 5.41 Å². The van der Waals surface area contributed by atoms with Gasteiger partial charge >= 0.3 is 6.18 Å².